The van der Waals surface area contributed by atoms with E-state index in [-0.39, 0.29) is 6.42 Å². The molecule has 2 amide bonds. The quantitative estimate of drug-likeness (QED) is 0.212. The summed E-state index contributed by atoms with van der Waals surface area (Å²) in [7, 11) is 0. The van der Waals surface area contributed by atoms with Gasteiger partial charge in [0, 0.05) is 6.42 Å². The Balaban J connectivity index is 4.76. The molecule has 4 unspecified atom stereocenters. The lowest BCUT2D eigenvalue weighted by molar-refractivity contribution is -0.143. The highest BCUT2D eigenvalue weighted by Gasteiger charge is 2.28. The predicted octanol–water partition coefficient (Wildman–Crippen LogP) is -3.39. The van der Waals surface area contributed by atoms with Crippen LogP contribution in [0.25, 0.3) is 0 Å². The molecule has 0 aliphatic rings. The molecule has 23 heavy (non-hydrogen) atoms. The number of rotatable bonds is 10. The Morgan fingerprint density at radius 1 is 1.04 bits per heavy atom. The Labute approximate surface area is 131 Å². The van der Waals surface area contributed by atoms with Crippen LogP contribution < -0.4 is 16.4 Å². The van der Waals surface area contributed by atoms with E-state index < -0.39 is 61.0 Å². The van der Waals surface area contributed by atoms with Crippen LogP contribution in [0.5, 0.6) is 0 Å². The summed E-state index contributed by atoms with van der Waals surface area (Å²) in [5.74, 6) is -4.62. The molecule has 0 aliphatic heterocycles. The monoisotopic (exact) mass is 335 g/mol. The summed E-state index contributed by atoms with van der Waals surface area (Å²) in [6.45, 7) is 0.417. The molecule has 0 saturated heterocycles. The Hall–Kier alpha value is -2.24. The highest BCUT2D eigenvalue weighted by molar-refractivity contribution is 5.92. The van der Waals surface area contributed by atoms with Gasteiger partial charge in [0.1, 0.15) is 18.1 Å². The van der Waals surface area contributed by atoms with E-state index in [1.165, 1.54) is 6.92 Å². The minimum Gasteiger partial charge on any atom is -0.481 e. The third-order valence-electron chi connectivity index (χ3n) is 2.90. The van der Waals surface area contributed by atoms with Crippen molar-refractivity contribution in [2.24, 2.45) is 5.73 Å². The summed E-state index contributed by atoms with van der Waals surface area (Å²) in [6, 6.07) is -4.31. The van der Waals surface area contributed by atoms with E-state index in [0.29, 0.717) is 0 Å². The van der Waals surface area contributed by atoms with E-state index in [0.717, 1.165) is 0 Å². The van der Waals surface area contributed by atoms with E-state index in [1.54, 1.807) is 0 Å². The Bertz CT molecular complexity index is 454. The van der Waals surface area contributed by atoms with Gasteiger partial charge in [-0.3, -0.25) is 14.4 Å². The van der Waals surface area contributed by atoms with Crippen molar-refractivity contribution in [2.75, 3.05) is 6.61 Å². The molecule has 0 fully saturated rings. The number of hydrogen-bond donors (Lipinski definition) is 7. The number of aliphatic carboxylic acids is 2. The first-order chi connectivity index (χ1) is 10.6. The van der Waals surface area contributed by atoms with Crippen molar-refractivity contribution in [1.82, 2.24) is 10.6 Å². The highest BCUT2D eigenvalue weighted by atomic mass is 16.4. The predicted molar refractivity (Wildman–Crippen MR) is 75.1 cm³/mol. The van der Waals surface area contributed by atoms with Crippen LogP contribution in [0.15, 0.2) is 0 Å². The summed E-state index contributed by atoms with van der Waals surface area (Å²) >= 11 is 0. The van der Waals surface area contributed by atoms with Gasteiger partial charge in [-0.05, 0) is 13.3 Å². The summed E-state index contributed by atoms with van der Waals surface area (Å²) in [4.78, 5) is 44.9. The number of hydrogen-bond acceptors (Lipinski definition) is 7. The maximum atomic E-state index is 11.9. The molecule has 0 heterocycles. The Morgan fingerprint density at radius 3 is 1.96 bits per heavy atom. The van der Waals surface area contributed by atoms with E-state index in [4.69, 9.17) is 21.1 Å². The summed E-state index contributed by atoms with van der Waals surface area (Å²) in [6.07, 6.45) is -2.05. The lowest BCUT2D eigenvalue weighted by atomic mass is 10.1. The molecule has 132 valence electrons. The fraction of sp³-hybridized carbons (Fsp3) is 0.667. The van der Waals surface area contributed by atoms with Gasteiger partial charge >= 0.3 is 11.9 Å². The van der Waals surface area contributed by atoms with Gasteiger partial charge < -0.3 is 36.8 Å². The topological polar surface area (TPSA) is 199 Å². The minimum absolute atomic E-state index is 0.365. The average molecular weight is 335 g/mol. The van der Waals surface area contributed by atoms with Crippen LogP contribution in [0.2, 0.25) is 0 Å². The third-order valence-corrected chi connectivity index (χ3v) is 2.90. The number of carbonyl (C=O) groups excluding carboxylic acids is 2. The molecular formula is C12H21N3O8. The van der Waals surface area contributed by atoms with Gasteiger partial charge in [0.15, 0.2) is 0 Å². The van der Waals surface area contributed by atoms with Gasteiger partial charge in [-0.25, -0.2) is 4.79 Å². The molecular weight excluding hydrogens is 314 g/mol. The molecule has 0 saturated carbocycles. The van der Waals surface area contributed by atoms with Crippen LogP contribution in [0.3, 0.4) is 0 Å². The normalized spacial score (nSPS) is 15.8. The molecule has 4 atom stereocenters. The van der Waals surface area contributed by atoms with Crippen LogP contribution in [0.1, 0.15) is 19.8 Å². The number of carbonyl (C=O) groups is 4. The van der Waals surface area contributed by atoms with E-state index in [9.17, 15) is 24.3 Å². The number of nitrogens with one attached hydrogen (secondary N) is 2. The van der Waals surface area contributed by atoms with E-state index in [2.05, 4.69) is 5.32 Å². The zero-order valence-corrected chi connectivity index (χ0v) is 12.4. The number of aliphatic hydroxyl groups excluding tert-OH is 2. The van der Waals surface area contributed by atoms with Gasteiger partial charge in [-0.15, -0.1) is 0 Å². The first-order valence-electron chi connectivity index (χ1n) is 6.70. The maximum Gasteiger partial charge on any atom is 0.326 e. The second kappa shape index (κ2) is 9.71. The van der Waals surface area contributed by atoms with Crippen molar-refractivity contribution in [2.45, 2.75) is 44.0 Å². The largest absolute Gasteiger partial charge is 0.481 e. The van der Waals surface area contributed by atoms with Crippen molar-refractivity contribution >= 4 is 23.8 Å². The second-order valence-electron chi connectivity index (χ2n) is 4.84. The molecule has 0 aromatic rings. The zero-order chi connectivity index (χ0) is 18.2. The number of carboxylic acids is 2. The number of amides is 2. The van der Waals surface area contributed by atoms with Gasteiger partial charge in [-0.1, -0.05) is 0 Å². The molecule has 11 nitrogen and oxygen atoms in total. The molecule has 11 heteroatoms. The highest BCUT2D eigenvalue weighted by Crippen LogP contribution is 2.00. The smallest absolute Gasteiger partial charge is 0.326 e. The van der Waals surface area contributed by atoms with Gasteiger partial charge in [0.2, 0.25) is 11.8 Å². The second-order valence-corrected chi connectivity index (χ2v) is 4.84. The van der Waals surface area contributed by atoms with Crippen LogP contribution in [-0.2, 0) is 19.2 Å². The first-order valence-corrected chi connectivity index (χ1v) is 6.70. The minimum atomic E-state index is -1.49. The fourth-order valence-corrected chi connectivity index (χ4v) is 1.48. The molecule has 8 N–H and O–H groups in total. The zero-order valence-electron chi connectivity index (χ0n) is 12.4. The van der Waals surface area contributed by atoms with E-state index >= 15 is 0 Å². The van der Waals surface area contributed by atoms with Crippen molar-refractivity contribution in [3.8, 4) is 0 Å². The van der Waals surface area contributed by atoms with Crippen LogP contribution in [0, 0.1) is 0 Å². The Kier molecular flexibility index (Phi) is 8.77. The molecule has 0 spiro atoms. The van der Waals surface area contributed by atoms with Crippen LogP contribution in [-0.4, -0.2) is 75.0 Å². The van der Waals surface area contributed by atoms with Crippen molar-refractivity contribution < 1.29 is 39.6 Å². The molecule has 0 bridgehead atoms. The molecule has 0 aromatic carbocycles. The van der Waals surface area contributed by atoms with Crippen molar-refractivity contribution in [3.63, 3.8) is 0 Å². The summed E-state index contributed by atoms with van der Waals surface area (Å²) in [5, 5.41) is 39.8. The van der Waals surface area contributed by atoms with Gasteiger partial charge in [-0.2, -0.15) is 0 Å². The number of carboxylic acid groups (broad SMARTS) is 2. The lowest BCUT2D eigenvalue weighted by Gasteiger charge is -2.22. The molecule has 0 radical (unpaired) electrons. The van der Waals surface area contributed by atoms with Crippen LogP contribution in [0.4, 0.5) is 0 Å². The van der Waals surface area contributed by atoms with E-state index in [1.807, 2.05) is 5.32 Å². The third kappa shape index (κ3) is 7.54. The standard InChI is InChI=1S/C12H21N3O8/c1-5(17)9(13)11(21)15-7(4-16)10(20)14-6(12(22)23)2-3-8(18)19/h5-7,9,16-17H,2-4,13H2,1H3,(H,14,20)(H,15,21)(H,18,19)(H,22,23). The fourth-order valence-electron chi connectivity index (χ4n) is 1.48. The van der Waals surface area contributed by atoms with Crippen LogP contribution >= 0.6 is 0 Å². The summed E-state index contributed by atoms with van der Waals surface area (Å²) in [5.41, 5.74) is 5.36. The SMILES string of the molecule is CC(O)C(N)C(=O)NC(CO)C(=O)NC(CCC(=O)O)C(=O)O. The molecule has 0 aromatic heterocycles. The summed E-state index contributed by atoms with van der Waals surface area (Å²) < 4.78 is 0. The van der Waals surface area contributed by atoms with Crippen molar-refractivity contribution in [1.29, 1.82) is 0 Å². The number of nitrogens with two attached hydrogens (primary N) is 1. The first kappa shape index (κ1) is 20.8. The molecule has 0 rings (SSSR count). The average Bonchev–Trinajstić information content (AvgIpc) is 2.46. The molecule has 0 aliphatic carbocycles. The Morgan fingerprint density at radius 2 is 1.57 bits per heavy atom. The van der Waals surface area contributed by atoms with Gasteiger partial charge in [0.05, 0.1) is 12.7 Å². The van der Waals surface area contributed by atoms with Gasteiger partial charge in [0.25, 0.3) is 0 Å². The lowest BCUT2D eigenvalue weighted by Crippen LogP contribution is -2.57. The van der Waals surface area contributed by atoms with Crippen molar-refractivity contribution in [3.05, 3.63) is 0 Å². The maximum absolute atomic E-state index is 11.9. The number of aliphatic hydroxyl groups is 2.